The molecule has 1 aromatic carbocycles. The lowest BCUT2D eigenvalue weighted by Crippen LogP contribution is -2.52. The van der Waals surface area contributed by atoms with Crippen LogP contribution in [0.15, 0.2) is 47.4 Å². The maximum absolute atomic E-state index is 12.2. The molecule has 0 saturated heterocycles. The van der Waals surface area contributed by atoms with Crippen molar-refractivity contribution in [3.63, 3.8) is 0 Å². The van der Waals surface area contributed by atoms with E-state index in [0.29, 0.717) is 0 Å². The van der Waals surface area contributed by atoms with Crippen molar-refractivity contribution in [2.75, 3.05) is 12.5 Å². The number of amides is 1. The summed E-state index contributed by atoms with van der Waals surface area (Å²) < 4.78 is 12.0. The molecule has 22 heavy (non-hydrogen) atoms. The smallest absolute Gasteiger partial charge is 0.277 e. The second-order valence-electron chi connectivity index (χ2n) is 4.72. The molecular weight excluding hydrogens is 286 g/mol. The van der Waals surface area contributed by atoms with Gasteiger partial charge in [-0.25, -0.2) is 0 Å². The third kappa shape index (κ3) is 2.66. The van der Waals surface area contributed by atoms with E-state index in [1.165, 1.54) is 24.0 Å². The minimum Gasteiger partial charge on any atom is -0.482 e. The minimum absolute atomic E-state index is 0.00547. The molecule has 2 heterocycles. The molecule has 2 N–H and O–H groups in total. The molecule has 0 saturated carbocycles. The normalized spacial score (nSPS) is 16.4. The average molecular weight is 301 g/mol. The molecule has 0 radical (unpaired) electrons. The van der Waals surface area contributed by atoms with Crippen molar-refractivity contribution < 1.29 is 14.3 Å². The van der Waals surface area contributed by atoms with Gasteiger partial charge in [0.2, 0.25) is 11.8 Å². The molecule has 1 aliphatic heterocycles. The number of hydrogen-bond donors (Lipinski definition) is 2. The van der Waals surface area contributed by atoms with Gasteiger partial charge >= 0.3 is 0 Å². The summed E-state index contributed by atoms with van der Waals surface area (Å²) in [5.41, 5.74) is 3.56. The van der Waals surface area contributed by atoms with Crippen LogP contribution in [0.4, 0.5) is 0 Å². The molecule has 114 valence electrons. The van der Waals surface area contributed by atoms with Gasteiger partial charge in [0, 0.05) is 19.4 Å². The zero-order valence-electron chi connectivity index (χ0n) is 11.9. The molecule has 0 spiro atoms. The Kier molecular flexibility index (Phi) is 3.80. The van der Waals surface area contributed by atoms with Crippen LogP contribution in [0, 0.1) is 0 Å². The summed E-state index contributed by atoms with van der Waals surface area (Å²) in [5, 5.41) is 2.58. The van der Waals surface area contributed by atoms with Gasteiger partial charge in [-0.2, -0.15) is 0 Å². The van der Waals surface area contributed by atoms with Crippen molar-refractivity contribution >= 4 is 5.91 Å². The van der Waals surface area contributed by atoms with Gasteiger partial charge in [0.1, 0.15) is 6.61 Å². The van der Waals surface area contributed by atoms with E-state index < -0.39 is 12.3 Å². The number of pyridine rings is 1. The lowest BCUT2D eigenvalue weighted by molar-refractivity contribution is 0.0563. The molecule has 0 aliphatic carbocycles. The second-order valence-corrected chi connectivity index (χ2v) is 4.72. The van der Waals surface area contributed by atoms with E-state index in [-0.39, 0.29) is 23.5 Å². The second kappa shape index (κ2) is 5.90. The van der Waals surface area contributed by atoms with Gasteiger partial charge in [-0.1, -0.05) is 30.3 Å². The van der Waals surface area contributed by atoms with Gasteiger partial charge in [0.25, 0.3) is 5.91 Å². The fourth-order valence-corrected chi connectivity index (χ4v) is 2.17. The summed E-state index contributed by atoms with van der Waals surface area (Å²) in [6, 6.07) is 10.7. The number of aromatic nitrogens is 1. The molecule has 0 fully saturated rings. The van der Waals surface area contributed by atoms with E-state index in [4.69, 9.17) is 9.47 Å². The van der Waals surface area contributed by atoms with E-state index in [1.54, 1.807) is 0 Å². The number of carbonyl (C=O) groups excluding carboxylic acids is 1. The minimum atomic E-state index is -0.663. The van der Waals surface area contributed by atoms with Gasteiger partial charge in [-0.05, 0) is 5.56 Å². The molecule has 0 bridgehead atoms. The third-order valence-corrected chi connectivity index (χ3v) is 3.25. The number of nitrogens with zero attached hydrogens (tertiary/aromatic N) is 1. The van der Waals surface area contributed by atoms with Crippen molar-refractivity contribution in [2.24, 2.45) is 0 Å². The summed E-state index contributed by atoms with van der Waals surface area (Å²) in [6.07, 6.45) is 0.808. The van der Waals surface area contributed by atoms with Crippen LogP contribution in [0.5, 0.6) is 5.75 Å². The highest BCUT2D eigenvalue weighted by Gasteiger charge is 2.27. The molecule has 2 aromatic rings. The molecule has 7 nitrogen and oxygen atoms in total. The Bertz CT molecular complexity index is 742. The Morgan fingerprint density at radius 3 is 2.68 bits per heavy atom. The Balaban J connectivity index is 1.91. The number of ether oxygens (including phenoxy) is 2. The van der Waals surface area contributed by atoms with Crippen LogP contribution in [0.2, 0.25) is 0 Å². The largest absolute Gasteiger partial charge is 0.482 e. The van der Waals surface area contributed by atoms with Crippen molar-refractivity contribution in [2.45, 2.75) is 13.0 Å². The van der Waals surface area contributed by atoms with E-state index in [2.05, 4.69) is 10.7 Å². The Hall–Kier alpha value is -2.80. The molecule has 7 heteroatoms. The molecule has 1 aliphatic rings. The van der Waals surface area contributed by atoms with Gasteiger partial charge in [0.15, 0.2) is 11.4 Å². The first kappa shape index (κ1) is 14.2. The van der Waals surface area contributed by atoms with Gasteiger partial charge < -0.3 is 14.8 Å². The van der Waals surface area contributed by atoms with E-state index in [1.807, 2.05) is 30.3 Å². The first-order chi connectivity index (χ1) is 10.7. The van der Waals surface area contributed by atoms with Crippen LogP contribution in [-0.4, -0.2) is 24.0 Å². The number of hydrogen-bond acceptors (Lipinski definition) is 5. The van der Waals surface area contributed by atoms with Crippen molar-refractivity contribution in [1.82, 2.24) is 9.99 Å². The lowest BCUT2D eigenvalue weighted by atomic mass is 10.2. The molecule has 1 aromatic heterocycles. The highest BCUT2D eigenvalue weighted by molar-refractivity contribution is 5.96. The number of nitrogens with one attached hydrogen (secondary N) is 2. The number of carbonyl (C=O) groups is 1. The van der Waals surface area contributed by atoms with Gasteiger partial charge in [-0.3, -0.25) is 19.7 Å². The predicted octanol–water partition coefficient (Wildman–Crippen LogP) is 0.644. The van der Waals surface area contributed by atoms with Gasteiger partial charge in [-0.15, -0.1) is 0 Å². The summed E-state index contributed by atoms with van der Waals surface area (Å²) in [4.78, 5) is 24.2. The summed E-state index contributed by atoms with van der Waals surface area (Å²) in [6.45, 7) is 0.202. The summed E-state index contributed by atoms with van der Waals surface area (Å²) >= 11 is 0. The van der Waals surface area contributed by atoms with E-state index in [0.717, 1.165) is 5.56 Å². The molecule has 1 atom stereocenters. The monoisotopic (exact) mass is 301 g/mol. The Morgan fingerprint density at radius 2 is 1.95 bits per heavy atom. The average Bonchev–Trinajstić information content (AvgIpc) is 2.55. The molecule has 3 rings (SSSR count). The number of methoxy groups -OCH3 is 1. The highest BCUT2D eigenvalue weighted by atomic mass is 16.5. The predicted molar refractivity (Wildman–Crippen MR) is 79.1 cm³/mol. The maximum Gasteiger partial charge on any atom is 0.277 e. The topological polar surface area (TPSA) is 81.6 Å². The number of benzene rings is 1. The molecular formula is C15H15N3O4. The van der Waals surface area contributed by atoms with Crippen LogP contribution < -0.4 is 20.9 Å². The van der Waals surface area contributed by atoms with Crippen LogP contribution in [0.3, 0.4) is 0 Å². The maximum atomic E-state index is 12.2. The Morgan fingerprint density at radius 1 is 1.18 bits per heavy atom. The van der Waals surface area contributed by atoms with Crippen molar-refractivity contribution in [1.29, 1.82) is 0 Å². The first-order valence-electron chi connectivity index (χ1n) is 6.71. The van der Waals surface area contributed by atoms with Crippen LogP contribution >= 0.6 is 0 Å². The third-order valence-electron chi connectivity index (χ3n) is 3.25. The standard InChI is InChI=1S/C15H15N3O4/c1-21-15-16-14(20)12-13(11(19)7-8-18(12)17-15)22-9-10-5-3-2-4-6-10/h2-8,15,17H,9H2,1H3,(H,16,20). The van der Waals surface area contributed by atoms with Crippen LogP contribution in [-0.2, 0) is 11.3 Å². The number of fused-ring (bicyclic) bond motifs is 1. The van der Waals surface area contributed by atoms with Crippen molar-refractivity contribution in [3.05, 3.63) is 64.1 Å². The fraction of sp³-hybridized carbons (Fsp3) is 0.200. The van der Waals surface area contributed by atoms with E-state index >= 15 is 0 Å². The zero-order chi connectivity index (χ0) is 15.5. The van der Waals surface area contributed by atoms with E-state index in [9.17, 15) is 9.59 Å². The van der Waals surface area contributed by atoms with Gasteiger partial charge in [0.05, 0.1) is 0 Å². The van der Waals surface area contributed by atoms with Crippen molar-refractivity contribution in [3.8, 4) is 5.75 Å². The quantitative estimate of drug-likeness (QED) is 0.866. The van der Waals surface area contributed by atoms with Crippen LogP contribution in [0.25, 0.3) is 0 Å². The lowest BCUT2D eigenvalue weighted by Gasteiger charge is -2.29. The zero-order valence-corrected chi connectivity index (χ0v) is 11.9. The number of rotatable bonds is 4. The molecule has 1 amide bonds. The SMILES string of the molecule is COC1NC(=O)c2c(OCc3ccccc3)c(=O)ccn2N1. The fourth-order valence-electron chi connectivity index (χ4n) is 2.17. The highest BCUT2D eigenvalue weighted by Crippen LogP contribution is 2.17. The Labute approximate surface area is 126 Å². The molecule has 1 unspecified atom stereocenters. The first-order valence-corrected chi connectivity index (χ1v) is 6.71. The summed E-state index contributed by atoms with van der Waals surface area (Å²) in [5.74, 6) is -0.433. The summed E-state index contributed by atoms with van der Waals surface area (Å²) in [7, 11) is 1.46. The van der Waals surface area contributed by atoms with Crippen LogP contribution in [0.1, 0.15) is 16.1 Å².